The number of likely N-dealkylation sites (tertiary alicyclic amines) is 1. The molecular weight excluding hydrogens is 582 g/mol. The van der Waals surface area contributed by atoms with Gasteiger partial charge in [-0.15, -0.1) is 0 Å². The van der Waals surface area contributed by atoms with Gasteiger partial charge in [0.25, 0.3) is 5.69 Å². The number of aliphatic imine (C=N–C) groups is 1. The molecule has 0 aliphatic carbocycles. The van der Waals surface area contributed by atoms with Crippen LogP contribution in [0.1, 0.15) is 55.7 Å². The standard InChI is InChI=1S/C36H41N5O5/c1-26-34(37-24-42)33(28-10-14-31(15-11-28)41(44)45)35(27(2)38-26)40(25-43)21-7-20-39-22-18-36(19-23-39,29-8-5-4-6-9-29)30-12-16-32(46-3)17-13-30/h4-6,8-17,24-25,33-34H,7,18-23H2,1-3H3,(H,37,42). The van der Waals surface area contributed by atoms with Crippen LogP contribution in [0.2, 0.25) is 0 Å². The summed E-state index contributed by atoms with van der Waals surface area (Å²) in [5.74, 6) is 0.414. The molecule has 1 saturated heterocycles. The lowest BCUT2D eigenvalue weighted by Crippen LogP contribution is -2.46. The molecule has 3 aromatic carbocycles. The van der Waals surface area contributed by atoms with E-state index in [2.05, 4.69) is 57.7 Å². The first-order valence-corrected chi connectivity index (χ1v) is 15.7. The Kier molecular flexibility index (Phi) is 10.3. The summed E-state index contributed by atoms with van der Waals surface area (Å²) in [5.41, 5.74) is 5.33. The number of nitrogens with zero attached hydrogens (tertiary/aromatic N) is 4. The molecule has 46 heavy (non-hydrogen) atoms. The molecule has 2 unspecified atom stereocenters. The van der Waals surface area contributed by atoms with E-state index in [1.54, 1.807) is 24.1 Å². The number of allylic oxidation sites excluding steroid dienone is 1. The van der Waals surface area contributed by atoms with Crippen LogP contribution in [0.15, 0.2) is 95.2 Å². The number of nitrogens with one attached hydrogen (secondary N) is 1. The summed E-state index contributed by atoms with van der Waals surface area (Å²) in [4.78, 5) is 43.9. The van der Waals surface area contributed by atoms with Crippen LogP contribution in [0.4, 0.5) is 5.69 Å². The largest absolute Gasteiger partial charge is 0.497 e. The van der Waals surface area contributed by atoms with Crippen LogP contribution in [0.3, 0.4) is 0 Å². The Morgan fingerprint density at radius 3 is 2.24 bits per heavy atom. The molecule has 0 aromatic heterocycles. The van der Waals surface area contributed by atoms with E-state index >= 15 is 0 Å². The van der Waals surface area contributed by atoms with E-state index in [1.807, 2.05) is 26.0 Å². The summed E-state index contributed by atoms with van der Waals surface area (Å²) < 4.78 is 5.41. The molecule has 10 heteroatoms. The number of hydrogen-bond donors (Lipinski definition) is 1. The lowest BCUT2D eigenvalue weighted by atomic mass is 9.68. The fourth-order valence-electron chi connectivity index (χ4n) is 7.11. The SMILES string of the molecule is COc1ccc(C2(c3ccccc3)CCN(CCCN(C=O)C3=C(C)N=C(C)C(NC=O)C3c3ccc([N+](=O)[O-])cc3)CC2)cc1. The number of methoxy groups -OCH3 is 1. The minimum Gasteiger partial charge on any atom is -0.497 e. The van der Waals surface area contributed by atoms with E-state index in [0.717, 1.165) is 56.6 Å². The second-order valence-electron chi connectivity index (χ2n) is 12.0. The zero-order chi connectivity index (χ0) is 32.7. The van der Waals surface area contributed by atoms with Crippen molar-refractivity contribution < 1.29 is 19.2 Å². The van der Waals surface area contributed by atoms with Gasteiger partial charge in [-0.2, -0.15) is 0 Å². The average Bonchev–Trinajstić information content (AvgIpc) is 3.09. The minimum absolute atomic E-state index is 0.0239. The van der Waals surface area contributed by atoms with Crippen molar-refractivity contribution in [2.45, 2.75) is 50.5 Å². The van der Waals surface area contributed by atoms with Crippen LogP contribution in [-0.2, 0) is 15.0 Å². The molecule has 3 aromatic rings. The third-order valence-electron chi connectivity index (χ3n) is 9.49. The third-order valence-corrected chi connectivity index (χ3v) is 9.49. The van der Waals surface area contributed by atoms with Gasteiger partial charge in [0.2, 0.25) is 12.8 Å². The molecule has 10 nitrogen and oxygen atoms in total. The highest BCUT2D eigenvalue weighted by Crippen LogP contribution is 2.42. The van der Waals surface area contributed by atoms with E-state index in [0.29, 0.717) is 30.1 Å². The Morgan fingerprint density at radius 2 is 1.65 bits per heavy atom. The quantitative estimate of drug-likeness (QED) is 0.154. The minimum atomic E-state index is -0.494. The molecular formula is C36H41N5O5. The summed E-state index contributed by atoms with van der Waals surface area (Å²) >= 11 is 0. The van der Waals surface area contributed by atoms with Crippen molar-refractivity contribution in [3.63, 3.8) is 0 Å². The number of amides is 2. The number of carbonyl (C=O) groups excluding carboxylic acids is 2. The zero-order valence-corrected chi connectivity index (χ0v) is 26.6. The molecule has 2 aliphatic rings. The number of non-ortho nitro benzene ring substituents is 1. The van der Waals surface area contributed by atoms with E-state index in [1.165, 1.54) is 23.3 Å². The van der Waals surface area contributed by atoms with Crippen LogP contribution in [0.25, 0.3) is 0 Å². The van der Waals surface area contributed by atoms with Crippen molar-refractivity contribution in [1.29, 1.82) is 0 Å². The van der Waals surface area contributed by atoms with E-state index < -0.39 is 16.9 Å². The van der Waals surface area contributed by atoms with Gasteiger partial charge in [-0.3, -0.25) is 24.7 Å². The Hall–Kier alpha value is -4.83. The number of hydrogen-bond acceptors (Lipinski definition) is 7. The number of ether oxygens (including phenoxy) is 1. The number of piperidine rings is 1. The summed E-state index contributed by atoms with van der Waals surface area (Å²) in [7, 11) is 1.68. The molecule has 1 fully saturated rings. The van der Waals surface area contributed by atoms with Crippen LogP contribution in [0, 0.1) is 10.1 Å². The van der Waals surface area contributed by atoms with Crippen LogP contribution in [0.5, 0.6) is 5.75 Å². The van der Waals surface area contributed by atoms with Crippen molar-refractivity contribution >= 4 is 24.2 Å². The Labute approximate surface area is 269 Å². The second kappa shape index (κ2) is 14.5. The van der Waals surface area contributed by atoms with E-state index in [-0.39, 0.29) is 11.1 Å². The highest BCUT2D eigenvalue weighted by molar-refractivity contribution is 5.92. The van der Waals surface area contributed by atoms with Crippen molar-refractivity contribution in [1.82, 2.24) is 15.1 Å². The lowest BCUT2D eigenvalue weighted by molar-refractivity contribution is -0.384. The highest BCUT2D eigenvalue weighted by Gasteiger charge is 2.39. The summed E-state index contributed by atoms with van der Waals surface area (Å²) in [6, 6.07) is 24.9. The van der Waals surface area contributed by atoms with Gasteiger partial charge >= 0.3 is 0 Å². The molecule has 0 spiro atoms. The van der Waals surface area contributed by atoms with Gasteiger partial charge in [0.1, 0.15) is 5.75 Å². The predicted molar refractivity (Wildman–Crippen MR) is 178 cm³/mol. The maximum atomic E-state index is 12.6. The fraction of sp³-hybridized carbons (Fsp3) is 0.361. The maximum absolute atomic E-state index is 12.6. The van der Waals surface area contributed by atoms with E-state index in [9.17, 15) is 19.7 Å². The van der Waals surface area contributed by atoms with Gasteiger partial charge in [-0.05, 0) is 81.6 Å². The fourth-order valence-corrected chi connectivity index (χ4v) is 7.11. The Morgan fingerprint density at radius 1 is 1.00 bits per heavy atom. The summed E-state index contributed by atoms with van der Waals surface area (Å²) in [5, 5.41) is 14.1. The highest BCUT2D eigenvalue weighted by atomic mass is 16.6. The summed E-state index contributed by atoms with van der Waals surface area (Å²) in [6.07, 6.45) is 4.15. The number of benzene rings is 3. The monoisotopic (exact) mass is 623 g/mol. The average molecular weight is 624 g/mol. The Balaban J connectivity index is 1.30. The topological polar surface area (TPSA) is 117 Å². The Bertz CT molecular complexity index is 1580. The molecule has 0 saturated carbocycles. The molecule has 0 bridgehead atoms. The first-order valence-electron chi connectivity index (χ1n) is 15.7. The molecule has 5 rings (SSSR count). The number of carbonyl (C=O) groups is 2. The number of nitro groups is 1. The number of rotatable bonds is 13. The van der Waals surface area contributed by atoms with Gasteiger partial charge in [0.05, 0.1) is 35.4 Å². The van der Waals surface area contributed by atoms with Crippen molar-refractivity contribution in [3.8, 4) is 5.75 Å². The third kappa shape index (κ3) is 6.72. The van der Waals surface area contributed by atoms with Crippen LogP contribution >= 0.6 is 0 Å². The van der Waals surface area contributed by atoms with Crippen molar-refractivity contribution in [3.05, 3.63) is 117 Å². The smallest absolute Gasteiger partial charge is 0.269 e. The van der Waals surface area contributed by atoms with Crippen molar-refractivity contribution in [2.24, 2.45) is 4.99 Å². The first-order chi connectivity index (χ1) is 22.3. The zero-order valence-electron chi connectivity index (χ0n) is 26.6. The lowest BCUT2D eigenvalue weighted by Gasteiger charge is -2.43. The predicted octanol–water partition coefficient (Wildman–Crippen LogP) is 5.44. The second-order valence-corrected chi connectivity index (χ2v) is 12.0. The molecule has 1 N–H and O–H groups in total. The van der Waals surface area contributed by atoms with Gasteiger partial charge < -0.3 is 19.9 Å². The normalized spacial score (nSPS) is 19.6. The van der Waals surface area contributed by atoms with Gasteiger partial charge in [0.15, 0.2) is 0 Å². The molecule has 2 amide bonds. The van der Waals surface area contributed by atoms with Crippen LogP contribution in [-0.4, -0.2) is 72.6 Å². The molecule has 2 heterocycles. The first kappa shape index (κ1) is 32.6. The van der Waals surface area contributed by atoms with Crippen molar-refractivity contribution in [2.75, 3.05) is 33.3 Å². The molecule has 240 valence electrons. The number of nitro benzene ring substituents is 1. The maximum Gasteiger partial charge on any atom is 0.269 e. The summed E-state index contributed by atoms with van der Waals surface area (Å²) in [6.45, 7) is 6.83. The van der Waals surface area contributed by atoms with Gasteiger partial charge in [-0.25, -0.2) is 0 Å². The molecule has 2 atom stereocenters. The van der Waals surface area contributed by atoms with Crippen LogP contribution < -0.4 is 10.1 Å². The van der Waals surface area contributed by atoms with Gasteiger partial charge in [0, 0.05) is 29.8 Å². The van der Waals surface area contributed by atoms with Gasteiger partial charge in [-0.1, -0.05) is 54.6 Å². The molecule has 0 radical (unpaired) electrons. The van der Waals surface area contributed by atoms with E-state index in [4.69, 9.17) is 4.74 Å². The molecule has 2 aliphatic heterocycles.